The van der Waals surface area contributed by atoms with Gasteiger partial charge in [0, 0.05) is 29.3 Å². The first-order valence-electron chi connectivity index (χ1n) is 5.46. The second-order valence-electron chi connectivity index (χ2n) is 3.97. The Kier molecular flexibility index (Phi) is 4.13. The molecular weight excluding hydrogens is 252 g/mol. The van der Waals surface area contributed by atoms with Crippen LogP contribution in [0.15, 0.2) is 35.2 Å². The van der Waals surface area contributed by atoms with E-state index in [1.807, 2.05) is 30.4 Å². The van der Waals surface area contributed by atoms with Gasteiger partial charge in [0.2, 0.25) is 0 Å². The Balaban J connectivity index is 1.99. The SMILES string of the molecule is Cc1cc(CSc2ccc(CCl)cc2)n(C)n1. The molecule has 4 heteroatoms. The van der Waals surface area contributed by atoms with Gasteiger partial charge in [0.1, 0.15) is 0 Å². The van der Waals surface area contributed by atoms with E-state index in [2.05, 4.69) is 35.4 Å². The van der Waals surface area contributed by atoms with E-state index >= 15 is 0 Å². The largest absolute Gasteiger partial charge is 0.272 e. The summed E-state index contributed by atoms with van der Waals surface area (Å²) in [6.45, 7) is 2.02. The van der Waals surface area contributed by atoms with Crippen molar-refractivity contribution in [3.63, 3.8) is 0 Å². The van der Waals surface area contributed by atoms with Crippen LogP contribution in [-0.2, 0) is 18.7 Å². The Hall–Kier alpha value is -0.930. The lowest BCUT2D eigenvalue weighted by atomic mass is 10.2. The number of thioether (sulfide) groups is 1. The van der Waals surface area contributed by atoms with Crippen LogP contribution < -0.4 is 0 Å². The Morgan fingerprint density at radius 2 is 2.00 bits per heavy atom. The van der Waals surface area contributed by atoms with Crippen molar-refractivity contribution in [2.45, 2.75) is 23.5 Å². The Bertz CT molecular complexity index is 491. The number of nitrogens with zero attached hydrogens (tertiary/aromatic N) is 2. The molecule has 0 N–H and O–H groups in total. The minimum absolute atomic E-state index is 0.575. The summed E-state index contributed by atoms with van der Waals surface area (Å²) in [5, 5.41) is 4.34. The van der Waals surface area contributed by atoms with Crippen LogP contribution in [0.5, 0.6) is 0 Å². The Labute approximate surface area is 111 Å². The van der Waals surface area contributed by atoms with Gasteiger partial charge in [-0.25, -0.2) is 0 Å². The molecule has 17 heavy (non-hydrogen) atoms. The first-order valence-corrected chi connectivity index (χ1v) is 6.98. The van der Waals surface area contributed by atoms with Crippen molar-refractivity contribution >= 4 is 23.4 Å². The highest BCUT2D eigenvalue weighted by atomic mass is 35.5. The number of hydrogen-bond donors (Lipinski definition) is 0. The molecular formula is C13H15ClN2S. The van der Waals surface area contributed by atoms with Gasteiger partial charge in [-0.05, 0) is 30.7 Å². The van der Waals surface area contributed by atoms with Gasteiger partial charge in [0.15, 0.2) is 0 Å². The predicted octanol–water partition coefficient (Wildman–Crippen LogP) is 3.76. The smallest absolute Gasteiger partial charge is 0.0596 e. The number of aryl methyl sites for hydroxylation is 2. The summed E-state index contributed by atoms with van der Waals surface area (Å²) in [6, 6.07) is 10.5. The third kappa shape index (κ3) is 3.27. The average Bonchev–Trinajstić information content (AvgIpc) is 2.66. The van der Waals surface area contributed by atoms with Crippen molar-refractivity contribution in [2.24, 2.45) is 7.05 Å². The molecule has 0 amide bonds. The summed E-state index contributed by atoms with van der Waals surface area (Å²) >= 11 is 7.57. The molecule has 0 radical (unpaired) electrons. The monoisotopic (exact) mass is 266 g/mol. The first kappa shape index (κ1) is 12.5. The molecule has 0 aliphatic rings. The molecule has 1 aromatic carbocycles. The van der Waals surface area contributed by atoms with Crippen LogP contribution in [0.1, 0.15) is 17.0 Å². The minimum Gasteiger partial charge on any atom is -0.272 e. The average molecular weight is 267 g/mol. The summed E-state index contributed by atoms with van der Waals surface area (Å²) in [5.74, 6) is 1.52. The lowest BCUT2D eigenvalue weighted by Crippen LogP contribution is -1.96. The van der Waals surface area contributed by atoms with E-state index in [1.165, 1.54) is 10.6 Å². The number of rotatable bonds is 4. The summed E-state index contributed by atoms with van der Waals surface area (Å²) < 4.78 is 1.94. The van der Waals surface area contributed by atoms with E-state index in [9.17, 15) is 0 Å². The Morgan fingerprint density at radius 3 is 2.53 bits per heavy atom. The fraction of sp³-hybridized carbons (Fsp3) is 0.308. The third-order valence-corrected chi connectivity index (χ3v) is 3.92. The van der Waals surface area contributed by atoms with Crippen LogP contribution in [0, 0.1) is 6.92 Å². The highest BCUT2D eigenvalue weighted by Gasteiger charge is 2.02. The van der Waals surface area contributed by atoms with Gasteiger partial charge in [0.05, 0.1) is 5.69 Å². The zero-order valence-electron chi connectivity index (χ0n) is 9.98. The molecule has 90 valence electrons. The number of hydrogen-bond acceptors (Lipinski definition) is 2. The van der Waals surface area contributed by atoms with Gasteiger partial charge in [0.25, 0.3) is 0 Å². The van der Waals surface area contributed by atoms with E-state index in [0.717, 1.165) is 17.0 Å². The van der Waals surface area contributed by atoms with Crippen molar-refractivity contribution in [1.29, 1.82) is 0 Å². The van der Waals surface area contributed by atoms with Crippen LogP contribution in [-0.4, -0.2) is 9.78 Å². The maximum atomic E-state index is 5.76. The molecule has 2 nitrogen and oxygen atoms in total. The highest BCUT2D eigenvalue weighted by Crippen LogP contribution is 2.23. The molecule has 0 saturated carbocycles. The van der Waals surface area contributed by atoms with Crippen molar-refractivity contribution in [2.75, 3.05) is 0 Å². The topological polar surface area (TPSA) is 17.8 Å². The molecule has 0 aliphatic heterocycles. The van der Waals surface area contributed by atoms with E-state index in [1.54, 1.807) is 0 Å². The lowest BCUT2D eigenvalue weighted by Gasteiger charge is -2.03. The van der Waals surface area contributed by atoms with Gasteiger partial charge in [-0.15, -0.1) is 23.4 Å². The molecule has 0 bridgehead atoms. The summed E-state index contributed by atoms with van der Waals surface area (Å²) in [7, 11) is 1.99. The van der Waals surface area contributed by atoms with Crippen molar-refractivity contribution < 1.29 is 0 Å². The molecule has 0 aliphatic carbocycles. The quantitative estimate of drug-likeness (QED) is 0.619. The molecule has 1 heterocycles. The van der Waals surface area contributed by atoms with Crippen molar-refractivity contribution in [3.8, 4) is 0 Å². The van der Waals surface area contributed by atoms with Crippen molar-refractivity contribution in [1.82, 2.24) is 9.78 Å². The van der Waals surface area contributed by atoms with Crippen molar-refractivity contribution in [3.05, 3.63) is 47.3 Å². The minimum atomic E-state index is 0.575. The summed E-state index contributed by atoms with van der Waals surface area (Å²) in [4.78, 5) is 1.26. The standard InChI is InChI=1S/C13H15ClN2S/c1-10-7-12(16(2)15-10)9-17-13-5-3-11(8-14)4-6-13/h3-7H,8-9H2,1-2H3. The van der Waals surface area contributed by atoms with Gasteiger partial charge in [-0.3, -0.25) is 4.68 Å². The number of benzene rings is 1. The number of alkyl halides is 1. The second kappa shape index (κ2) is 5.61. The Morgan fingerprint density at radius 1 is 1.29 bits per heavy atom. The van der Waals surface area contributed by atoms with E-state index in [-0.39, 0.29) is 0 Å². The fourth-order valence-electron chi connectivity index (χ4n) is 1.63. The van der Waals surface area contributed by atoms with Crippen LogP contribution >= 0.6 is 23.4 Å². The maximum Gasteiger partial charge on any atom is 0.0596 e. The van der Waals surface area contributed by atoms with Crippen LogP contribution in [0.25, 0.3) is 0 Å². The summed E-state index contributed by atoms with van der Waals surface area (Å²) in [5.41, 5.74) is 3.47. The predicted molar refractivity (Wildman–Crippen MR) is 73.5 cm³/mol. The molecule has 0 spiro atoms. The highest BCUT2D eigenvalue weighted by molar-refractivity contribution is 7.98. The van der Waals surface area contributed by atoms with Crippen LogP contribution in [0.4, 0.5) is 0 Å². The molecule has 1 aromatic heterocycles. The molecule has 2 rings (SSSR count). The first-order chi connectivity index (χ1) is 8.19. The second-order valence-corrected chi connectivity index (χ2v) is 5.28. The zero-order chi connectivity index (χ0) is 12.3. The molecule has 0 atom stereocenters. The zero-order valence-corrected chi connectivity index (χ0v) is 11.6. The van der Waals surface area contributed by atoms with Gasteiger partial charge >= 0.3 is 0 Å². The van der Waals surface area contributed by atoms with Gasteiger partial charge < -0.3 is 0 Å². The van der Waals surface area contributed by atoms with E-state index < -0.39 is 0 Å². The molecule has 0 saturated heterocycles. The lowest BCUT2D eigenvalue weighted by molar-refractivity contribution is 0.727. The number of halogens is 1. The third-order valence-electron chi connectivity index (χ3n) is 2.56. The summed E-state index contributed by atoms with van der Waals surface area (Å²) in [6.07, 6.45) is 0. The van der Waals surface area contributed by atoms with Gasteiger partial charge in [-0.1, -0.05) is 12.1 Å². The van der Waals surface area contributed by atoms with Crippen LogP contribution in [0.2, 0.25) is 0 Å². The maximum absolute atomic E-state index is 5.76. The molecule has 0 fully saturated rings. The molecule has 0 unspecified atom stereocenters. The van der Waals surface area contributed by atoms with Gasteiger partial charge in [-0.2, -0.15) is 5.10 Å². The molecule has 2 aromatic rings. The normalized spacial score (nSPS) is 10.8. The van der Waals surface area contributed by atoms with Crippen LogP contribution in [0.3, 0.4) is 0 Å². The van der Waals surface area contributed by atoms with E-state index in [4.69, 9.17) is 11.6 Å². The number of aromatic nitrogens is 2. The fourth-order valence-corrected chi connectivity index (χ4v) is 2.72. The van der Waals surface area contributed by atoms with E-state index in [0.29, 0.717) is 5.88 Å².